The summed E-state index contributed by atoms with van der Waals surface area (Å²) in [6, 6.07) is 5.62. The number of hydrogen-bond donors (Lipinski definition) is 4. The summed E-state index contributed by atoms with van der Waals surface area (Å²) in [5, 5.41) is 11.2. The van der Waals surface area contributed by atoms with Crippen LogP contribution in [0.15, 0.2) is 29.3 Å². The van der Waals surface area contributed by atoms with E-state index in [9.17, 15) is 14.0 Å². The predicted octanol–water partition coefficient (Wildman–Crippen LogP) is 1.23. The third-order valence-electron chi connectivity index (χ3n) is 2.76. The van der Waals surface area contributed by atoms with Crippen LogP contribution in [0.5, 0.6) is 0 Å². The van der Waals surface area contributed by atoms with E-state index in [0.29, 0.717) is 18.2 Å². The van der Waals surface area contributed by atoms with E-state index >= 15 is 0 Å². The summed E-state index contributed by atoms with van der Waals surface area (Å²) in [5.41, 5.74) is 0.0433. The van der Waals surface area contributed by atoms with E-state index < -0.39 is 5.82 Å². The maximum atomic E-state index is 13.1. The van der Waals surface area contributed by atoms with Crippen LogP contribution in [-0.2, 0) is 9.59 Å². The molecule has 7 nitrogen and oxygen atoms in total. The lowest BCUT2D eigenvalue weighted by molar-refractivity contribution is -0.121. The molecule has 0 unspecified atom stereocenters. The minimum atomic E-state index is -0.429. The van der Waals surface area contributed by atoms with Crippen molar-refractivity contribution in [2.24, 2.45) is 4.99 Å². The van der Waals surface area contributed by atoms with Crippen LogP contribution in [0.3, 0.4) is 0 Å². The Morgan fingerprint density at radius 3 is 2.48 bits per heavy atom. The second kappa shape index (κ2) is 9.61. The highest BCUT2D eigenvalue weighted by Gasteiger charge is 2.13. The van der Waals surface area contributed by atoms with Crippen molar-refractivity contribution >= 4 is 23.5 Å². The molecule has 0 radical (unpaired) electrons. The molecule has 1 aromatic carbocycles. The van der Waals surface area contributed by atoms with Gasteiger partial charge in [0.05, 0.1) is 6.54 Å². The van der Waals surface area contributed by atoms with Crippen LogP contribution >= 0.6 is 0 Å². The fourth-order valence-corrected chi connectivity index (χ4v) is 1.89. The summed E-state index contributed by atoms with van der Waals surface area (Å²) < 4.78 is 13.1. The maximum Gasteiger partial charge on any atom is 0.246 e. The number of benzene rings is 1. The first-order valence-corrected chi connectivity index (χ1v) is 8.08. The molecule has 0 aliphatic heterocycles. The molecule has 0 bridgehead atoms. The lowest BCUT2D eigenvalue weighted by atomic mass is 10.1. The van der Waals surface area contributed by atoms with E-state index in [1.807, 2.05) is 27.7 Å². The fraction of sp³-hybridized carbons (Fsp3) is 0.471. The summed E-state index contributed by atoms with van der Waals surface area (Å²) in [7, 11) is 0. The van der Waals surface area contributed by atoms with Crippen molar-refractivity contribution in [3.05, 3.63) is 30.1 Å². The third-order valence-corrected chi connectivity index (χ3v) is 2.76. The van der Waals surface area contributed by atoms with Gasteiger partial charge in [-0.2, -0.15) is 0 Å². The van der Waals surface area contributed by atoms with Crippen molar-refractivity contribution in [2.75, 3.05) is 25.0 Å². The van der Waals surface area contributed by atoms with Gasteiger partial charge < -0.3 is 21.3 Å². The van der Waals surface area contributed by atoms with Crippen molar-refractivity contribution in [2.45, 2.75) is 33.2 Å². The van der Waals surface area contributed by atoms with Crippen LogP contribution in [0.25, 0.3) is 0 Å². The Bertz CT molecular complexity index is 626. The van der Waals surface area contributed by atoms with Crippen molar-refractivity contribution in [3.8, 4) is 0 Å². The molecular weight excluding hydrogens is 325 g/mol. The highest BCUT2D eigenvalue weighted by Crippen LogP contribution is 2.08. The van der Waals surface area contributed by atoms with Gasteiger partial charge in [0.1, 0.15) is 12.4 Å². The van der Waals surface area contributed by atoms with Gasteiger partial charge >= 0.3 is 0 Å². The number of carbonyl (C=O) groups excluding carboxylic acids is 2. The monoisotopic (exact) mass is 351 g/mol. The lowest BCUT2D eigenvalue weighted by Crippen LogP contribution is -2.48. The number of carbonyl (C=O) groups is 2. The SMILES string of the molecule is CCNC(=NCC(=O)Nc1cccc(F)c1)NCC(=O)NC(C)(C)C. The predicted molar refractivity (Wildman–Crippen MR) is 96.9 cm³/mol. The quantitative estimate of drug-likeness (QED) is 0.458. The summed E-state index contributed by atoms with van der Waals surface area (Å²) in [6.07, 6.45) is 0. The first-order chi connectivity index (χ1) is 11.7. The molecule has 0 heterocycles. The van der Waals surface area contributed by atoms with Crippen LogP contribution in [-0.4, -0.2) is 42.9 Å². The largest absolute Gasteiger partial charge is 0.357 e. The van der Waals surface area contributed by atoms with E-state index in [0.717, 1.165) is 0 Å². The molecule has 0 fully saturated rings. The number of anilines is 1. The second-order valence-corrected chi connectivity index (χ2v) is 6.41. The van der Waals surface area contributed by atoms with E-state index in [-0.39, 0.29) is 30.4 Å². The van der Waals surface area contributed by atoms with Crippen molar-refractivity contribution in [1.29, 1.82) is 0 Å². The van der Waals surface area contributed by atoms with E-state index in [1.165, 1.54) is 18.2 Å². The molecule has 25 heavy (non-hydrogen) atoms. The molecule has 0 aliphatic carbocycles. The molecule has 0 saturated heterocycles. The smallest absolute Gasteiger partial charge is 0.246 e. The molecule has 0 atom stereocenters. The molecular formula is C17H26FN5O2. The molecule has 0 aromatic heterocycles. The van der Waals surface area contributed by atoms with Gasteiger partial charge in [-0.25, -0.2) is 9.38 Å². The Hall–Kier alpha value is -2.64. The Morgan fingerprint density at radius 2 is 1.88 bits per heavy atom. The standard InChI is InChI=1S/C17H26FN5O2/c1-5-19-16(21-11-15(25)23-17(2,3)4)20-10-14(24)22-13-8-6-7-12(18)9-13/h6-9H,5,10-11H2,1-4H3,(H,22,24)(H,23,25)(H2,19,20,21). The fourth-order valence-electron chi connectivity index (χ4n) is 1.89. The summed E-state index contributed by atoms with van der Waals surface area (Å²) in [5.74, 6) is -0.647. The number of amides is 2. The van der Waals surface area contributed by atoms with Crippen molar-refractivity contribution in [3.63, 3.8) is 0 Å². The van der Waals surface area contributed by atoms with E-state index in [1.54, 1.807) is 6.07 Å². The molecule has 1 aromatic rings. The highest BCUT2D eigenvalue weighted by molar-refractivity contribution is 5.94. The topological polar surface area (TPSA) is 94.6 Å². The summed E-state index contributed by atoms with van der Waals surface area (Å²) >= 11 is 0. The summed E-state index contributed by atoms with van der Waals surface area (Å²) in [4.78, 5) is 27.8. The van der Waals surface area contributed by atoms with Gasteiger partial charge in [-0.15, -0.1) is 0 Å². The minimum Gasteiger partial charge on any atom is -0.357 e. The van der Waals surface area contributed by atoms with Crippen LogP contribution in [0, 0.1) is 5.82 Å². The highest BCUT2D eigenvalue weighted by atomic mass is 19.1. The molecule has 8 heteroatoms. The molecule has 0 aliphatic rings. The van der Waals surface area contributed by atoms with Gasteiger partial charge in [0, 0.05) is 17.8 Å². The van der Waals surface area contributed by atoms with Crippen molar-refractivity contribution < 1.29 is 14.0 Å². The Labute approximate surface area is 147 Å². The molecule has 0 spiro atoms. The first kappa shape index (κ1) is 20.4. The first-order valence-electron chi connectivity index (χ1n) is 8.08. The van der Waals surface area contributed by atoms with Crippen LogP contribution in [0.2, 0.25) is 0 Å². The zero-order valence-electron chi connectivity index (χ0n) is 15.1. The van der Waals surface area contributed by atoms with Crippen LogP contribution in [0.1, 0.15) is 27.7 Å². The normalized spacial score (nSPS) is 11.6. The number of guanidine groups is 1. The van der Waals surface area contributed by atoms with Crippen LogP contribution in [0.4, 0.5) is 10.1 Å². The average molecular weight is 351 g/mol. The Balaban J connectivity index is 2.54. The van der Waals surface area contributed by atoms with Crippen LogP contribution < -0.4 is 21.3 Å². The molecule has 138 valence electrons. The Morgan fingerprint density at radius 1 is 1.16 bits per heavy atom. The van der Waals surface area contributed by atoms with Gasteiger partial charge in [0.2, 0.25) is 11.8 Å². The van der Waals surface area contributed by atoms with Gasteiger partial charge in [-0.1, -0.05) is 6.07 Å². The summed E-state index contributed by atoms with van der Waals surface area (Å²) in [6.45, 7) is 8.00. The zero-order valence-corrected chi connectivity index (χ0v) is 15.1. The lowest BCUT2D eigenvalue weighted by Gasteiger charge is -2.21. The van der Waals surface area contributed by atoms with Gasteiger partial charge in [-0.3, -0.25) is 9.59 Å². The van der Waals surface area contributed by atoms with Gasteiger partial charge in [-0.05, 0) is 45.9 Å². The van der Waals surface area contributed by atoms with Crippen molar-refractivity contribution in [1.82, 2.24) is 16.0 Å². The van der Waals surface area contributed by atoms with E-state index in [4.69, 9.17) is 0 Å². The Kier molecular flexibility index (Phi) is 7.84. The number of nitrogens with one attached hydrogen (secondary N) is 4. The number of rotatable bonds is 6. The molecule has 1 rings (SSSR count). The van der Waals surface area contributed by atoms with Gasteiger partial charge in [0.15, 0.2) is 5.96 Å². The second-order valence-electron chi connectivity index (χ2n) is 6.41. The molecule has 2 amide bonds. The molecule has 0 saturated carbocycles. The average Bonchev–Trinajstić information content (AvgIpc) is 2.48. The van der Waals surface area contributed by atoms with Gasteiger partial charge in [0.25, 0.3) is 0 Å². The third kappa shape index (κ3) is 9.29. The number of aliphatic imine (C=N–C) groups is 1. The van der Waals surface area contributed by atoms with E-state index in [2.05, 4.69) is 26.3 Å². The number of halogens is 1. The minimum absolute atomic E-state index is 0.0363. The molecule has 4 N–H and O–H groups in total. The number of hydrogen-bond acceptors (Lipinski definition) is 3. The number of nitrogens with zero attached hydrogens (tertiary/aromatic N) is 1. The maximum absolute atomic E-state index is 13.1. The zero-order chi connectivity index (χ0) is 18.9.